The molecule has 32 heavy (non-hydrogen) atoms. The molecule has 0 aromatic heterocycles. The van der Waals surface area contributed by atoms with E-state index in [0.717, 1.165) is 26.1 Å². The monoisotopic (exact) mass is 440 g/mol. The van der Waals surface area contributed by atoms with Crippen molar-refractivity contribution in [3.8, 4) is 11.5 Å². The van der Waals surface area contributed by atoms with Crippen molar-refractivity contribution in [1.82, 2.24) is 10.2 Å². The number of nitrogens with zero attached hydrogens (tertiary/aromatic N) is 2. The third-order valence-electron chi connectivity index (χ3n) is 6.21. The molecule has 0 bridgehead atoms. The predicted molar refractivity (Wildman–Crippen MR) is 125 cm³/mol. The van der Waals surface area contributed by atoms with Crippen molar-refractivity contribution in [3.63, 3.8) is 0 Å². The van der Waals surface area contributed by atoms with E-state index in [1.807, 2.05) is 6.07 Å². The van der Waals surface area contributed by atoms with E-state index in [1.165, 1.54) is 16.8 Å². The van der Waals surface area contributed by atoms with Crippen LogP contribution in [0.25, 0.3) is 0 Å². The summed E-state index contributed by atoms with van der Waals surface area (Å²) < 4.78 is 16.3. The van der Waals surface area contributed by atoms with E-state index in [0.29, 0.717) is 36.9 Å². The van der Waals surface area contributed by atoms with Crippen LogP contribution in [0.5, 0.6) is 11.5 Å². The van der Waals surface area contributed by atoms with Crippen molar-refractivity contribution in [2.45, 2.75) is 12.5 Å². The number of amides is 2. The molecule has 1 unspecified atom stereocenters. The summed E-state index contributed by atoms with van der Waals surface area (Å²) in [6.07, 6.45) is 1.05. The maximum absolute atomic E-state index is 12.8. The van der Waals surface area contributed by atoms with Gasteiger partial charge in [0.05, 0.1) is 39.2 Å². The number of benzene rings is 2. The molecule has 2 aromatic carbocycles. The Morgan fingerprint density at radius 1 is 1.12 bits per heavy atom. The van der Waals surface area contributed by atoms with E-state index in [2.05, 4.69) is 45.7 Å². The van der Waals surface area contributed by atoms with E-state index in [-0.39, 0.29) is 12.1 Å². The van der Waals surface area contributed by atoms with Crippen LogP contribution in [0.3, 0.4) is 0 Å². The van der Waals surface area contributed by atoms with Crippen LogP contribution in [-0.2, 0) is 11.2 Å². The fraction of sp³-hybridized carbons (Fsp3) is 0.458. The number of methoxy groups -OCH3 is 2. The SMILES string of the molecule is COc1cccc(NC(=O)NCC(c2ccc3c(c2)CCN3C)N2CCOCC2)c1OC. The van der Waals surface area contributed by atoms with Crippen molar-refractivity contribution in [3.05, 3.63) is 47.5 Å². The van der Waals surface area contributed by atoms with Crippen molar-refractivity contribution >= 4 is 17.4 Å². The van der Waals surface area contributed by atoms with Gasteiger partial charge in [-0.25, -0.2) is 4.79 Å². The lowest BCUT2D eigenvalue weighted by atomic mass is 10.0. The first-order chi connectivity index (χ1) is 15.6. The van der Waals surface area contributed by atoms with E-state index < -0.39 is 0 Å². The molecule has 8 heteroatoms. The standard InChI is InChI=1S/C24H32N4O4/c1-27-10-9-18-15-17(7-8-20(18)27)21(28-11-13-32-14-12-28)16-25-24(29)26-19-5-4-6-22(30-2)23(19)31-3/h4-8,15,21H,9-14,16H2,1-3H3,(H2,25,26,29). The number of nitrogens with one attached hydrogen (secondary N) is 2. The lowest BCUT2D eigenvalue weighted by Gasteiger charge is -2.35. The Balaban J connectivity index is 1.48. The molecule has 0 radical (unpaired) electrons. The third kappa shape index (κ3) is 4.76. The lowest BCUT2D eigenvalue weighted by Crippen LogP contribution is -2.44. The zero-order valence-corrected chi connectivity index (χ0v) is 19.0. The molecule has 8 nitrogen and oxygen atoms in total. The van der Waals surface area contributed by atoms with Crippen LogP contribution < -0.4 is 25.0 Å². The van der Waals surface area contributed by atoms with Crippen LogP contribution in [-0.4, -0.2) is 71.6 Å². The fourth-order valence-corrected chi connectivity index (χ4v) is 4.48. The van der Waals surface area contributed by atoms with Gasteiger partial charge in [0, 0.05) is 38.9 Å². The van der Waals surface area contributed by atoms with E-state index in [4.69, 9.17) is 14.2 Å². The van der Waals surface area contributed by atoms with Crippen molar-refractivity contribution in [2.24, 2.45) is 0 Å². The summed E-state index contributed by atoms with van der Waals surface area (Å²) >= 11 is 0. The highest BCUT2D eigenvalue weighted by Crippen LogP contribution is 2.35. The van der Waals surface area contributed by atoms with Gasteiger partial charge in [0.15, 0.2) is 11.5 Å². The van der Waals surface area contributed by atoms with E-state index >= 15 is 0 Å². The highest BCUT2D eigenvalue weighted by atomic mass is 16.5. The van der Waals surface area contributed by atoms with Gasteiger partial charge in [0.25, 0.3) is 0 Å². The zero-order valence-electron chi connectivity index (χ0n) is 19.0. The minimum Gasteiger partial charge on any atom is -0.493 e. The number of rotatable bonds is 7. The zero-order chi connectivity index (χ0) is 22.5. The van der Waals surface area contributed by atoms with Crippen LogP contribution in [0.1, 0.15) is 17.2 Å². The maximum Gasteiger partial charge on any atom is 0.319 e. The van der Waals surface area contributed by atoms with Gasteiger partial charge in [-0.1, -0.05) is 18.2 Å². The summed E-state index contributed by atoms with van der Waals surface area (Å²) in [6, 6.07) is 11.9. The van der Waals surface area contributed by atoms with Gasteiger partial charge in [-0.15, -0.1) is 0 Å². The molecule has 1 saturated heterocycles. The molecular formula is C24H32N4O4. The molecule has 0 spiro atoms. The Labute approximate surface area is 189 Å². The fourth-order valence-electron chi connectivity index (χ4n) is 4.48. The number of morpholine rings is 1. The number of hydrogen-bond acceptors (Lipinski definition) is 6. The Kier molecular flexibility index (Phi) is 7.02. The number of carbonyl (C=O) groups is 1. The summed E-state index contributed by atoms with van der Waals surface area (Å²) in [5.74, 6) is 1.07. The van der Waals surface area contributed by atoms with Crippen molar-refractivity contribution < 1.29 is 19.0 Å². The number of para-hydroxylation sites is 1. The molecule has 2 N–H and O–H groups in total. The summed E-state index contributed by atoms with van der Waals surface area (Å²) in [4.78, 5) is 17.4. The number of likely N-dealkylation sites (N-methyl/N-ethyl adjacent to an activating group) is 1. The Hall–Kier alpha value is -2.97. The van der Waals surface area contributed by atoms with Crippen LogP contribution in [0.15, 0.2) is 36.4 Å². The molecule has 2 aliphatic heterocycles. The highest BCUT2D eigenvalue weighted by Gasteiger charge is 2.25. The summed E-state index contributed by atoms with van der Waals surface area (Å²) in [5.41, 5.74) is 4.45. The van der Waals surface area contributed by atoms with Gasteiger partial charge in [0.2, 0.25) is 0 Å². The molecule has 2 amide bonds. The molecule has 2 aromatic rings. The maximum atomic E-state index is 12.8. The molecule has 0 saturated carbocycles. The minimum atomic E-state index is -0.282. The quantitative estimate of drug-likeness (QED) is 0.690. The first-order valence-corrected chi connectivity index (χ1v) is 11.0. The van der Waals surface area contributed by atoms with Gasteiger partial charge in [-0.2, -0.15) is 0 Å². The smallest absolute Gasteiger partial charge is 0.319 e. The molecule has 1 atom stereocenters. The second kappa shape index (κ2) is 10.1. The second-order valence-corrected chi connectivity index (χ2v) is 8.10. The number of ether oxygens (including phenoxy) is 3. The molecule has 2 heterocycles. The predicted octanol–water partition coefficient (Wildman–Crippen LogP) is 2.89. The summed E-state index contributed by atoms with van der Waals surface area (Å²) in [6.45, 7) is 4.63. The second-order valence-electron chi connectivity index (χ2n) is 8.10. The summed E-state index contributed by atoms with van der Waals surface area (Å²) in [7, 11) is 5.26. The topological polar surface area (TPSA) is 75.3 Å². The molecule has 0 aliphatic carbocycles. The number of carbonyl (C=O) groups excluding carboxylic acids is 1. The first-order valence-electron chi connectivity index (χ1n) is 11.0. The van der Waals surface area contributed by atoms with Gasteiger partial charge in [-0.3, -0.25) is 4.90 Å². The molecule has 2 aliphatic rings. The van der Waals surface area contributed by atoms with E-state index in [9.17, 15) is 4.79 Å². The molecule has 172 valence electrons. The Morgan fingerprint density at radius 3 is 2.69 bits per heavy atom. The lowest BCUT2D eigenvalue weighted by molar-refractivity contribution is 0.0168. The highest BCUT2D eigenvalue weighted by molar-refractivity contribution is 5.91. The van der Waals surface area contributed by atoms with Crippen LogP contribution in [0.4, 0.5) is 16.2 Å². The van der Waals surface area contributed by atoms with Gasteiger partial charge in [0.1, 0.15) is 0 Å². The summed E-state index contributed by atoms with van der Waals surface area (Å²) in [5, 5.41) is 5.94. The normalized spacial score (nSPS) is 16.9. The number of fused-ring (bicyclic) bond motifs is 1. The molecular weight excluding hydrogens is 408 g/mol. The van der Waals surface area contributed by atoms with Gasteiger partial charge in [-0.05, 0) is 35.7 Å². The van der Waals surface area contributed by atoms with Gasteiger partial charge < -0.3 is 29.7 Å². The largest absolute Gasteiger partial charge is 0.493 e. The van der Waals surface area contributed by atoms with Gasteiger partial charge >= 0.3 is 6.03 Å². The van der Waals surface area contributed by atoms with Crippen LogP contribution in [0.2, 0.25) is 0 Å². The molecule has 4 rings (SSSR count). The van der Waals surface area contributed by atoms with Crippen LogP contribution in [0, 0.1) is 0 Å². The minimum absolute atomic E-state index is 0.0769. The number of hydrogen-bond donors (Lipinski definition) is 2. The third-order valence-corrected chi connectivity index (χ3v) is 6.21. The van der Waals surface area contributed by atoms with Crippen molar-refractivity contribution in [2.75, 3.05) is 70.9 Å². The number of anilines is 2. The first kappa shape index (κ1) is 22.2. The number of urea groups is 1. The van der Waals surface area contributed by atoms with Crippen molar-refractivity contribution in [1.29, 1.82) is 0 Å². The van der Waals surface area contributed by atoms with Crippen LogP contribution >= 0.6 is 0 Å². The molecule has 1 fully saturated rings. The Bertz CT molecular complexity index is 946. The average molecular weight is 441 g/mol. The average Bonchev–Trinajstić information content (AvgIpc) is 3.19. The van der Waals surface area contributed by atoms with E-state index in [1.54, 1.807) is 26.4 Å². The Morgan fingerprint density at radius 2 is 1.94 bits per heavy atom.